The molecular weight excluding hydrogens is 416 g/mol. The van der Waals surface area contributed by atoms with Gasteiger partial charge < -0.3 is 14.6 Å². The number of piperidine rings is 1. The summed E-state index contributed by atoms with van der Waals surface area (Å²) in [6, 6.07) is 17.8. The van der Waals surface area contributed by atoms with Gasteiger partial charge in [0.05, 0.1) is 13.7 Å². The van der Waals surface area contributed by atoms with Crippen LogP contribution in [0.15, 0.2) is 54.6 Å². The zero-order valence-electron chi connectivity index (χ0n) is 19.2. The molecule has 3 amide bonds. The molecule has 7 nitrogen and oxygen atoms in total. The molecule has 33 heavy (non-hydrogen) atoms. The fourth-order valence-electron chi connectivity index (χ4n) is 5.34. The summed E-state index contributed by atoms with van der Waals surface area (Å²) in [5.74, 6) is 0.654. The number of fused-ring (bicyclic) bond motifs is 1. The highest BCUT2D eigenvalue weighted by Gasteiger charge is 2.57. The van der Waals surface area contributed by atoms with Crippen LogP contribution in [0, 0.1) is 0 Å². The molecular formula is C26H30N4O3. The molecule has 0 aliphatic carbocycles. The number of hydrogen-bond donors (Lipinski definition) is 1. The molecule has 1 aromatic heterocycles. The maximum Gasteiger partial charge on any atom is 0.327 e. The average molecular weight is 447 g/mol. The molecule has 0 unspecified atom stereocenters. The normalized spacial score (nSPS) is 18.6. The molecule has 0 radical (unpaired) electrons. The van der Waals surface area contributed by atoms with E-state index in [0.29, 0.717) is 19.4 Å². The topological polar surface area (TPSA) is 68.9 Å². The van der Waals surface area contributed by atoms with Crippen molar-refractivity contribution in [2.24, 2.45) is 0 Å². The number of nitrogens with one attached hydrogen (secondary N) is 1. The van der Waals surface area contributed by atoms with E-state index in [2.05, 4.69) is 28.1 Å². The largest absolute Gasteiger partial charge is 0.497 e. The third-order valence-corrected chi connectivity index (χ3v) is 7.08. The first-order valence-corrected chi connectivity index (χ1v) is 11.6. The van der Waals surface area contributed by atoms with Crippen LogP contribution >= 0.6 is 0 Å². The molecule has 2 aromatic carbocycles. The Hall–Kier alpha value is -3.32. The van der Waals surface area contributed by atoms with Crippen LogP contribution in [0.3, 0.4) is 0 Å². The van der Waals surface area contributed by atoms with Crippen LogP contribution in [0.1, 0.15) is 31.0 Å². The van der Waals surface area contributed by atoms with Gasteiger partial charge in [0.15, 0.2) is 0 Å². The van der Waals surface area contributed by atoms with Crippen molar-refractivity contribution in [2.45, 2.75) is 38.4 Å². The van der Waals surface area contributed by atoms with E-state index in [0.717, 1.165) is 36.5 Å². The van der Waals surface area contributed by atoms with Crippen molar-refractivity contribution in [2.75, 3.05) is 26.7 Å². The maximum atomic E-state index is 13.6. The Labute approximate surface area is 193 Å². The highest BCUT2D eigenvalue weighted by atomic mass is 16.5. The van der Waals surface area contributed by atoms with Gasteiger partial charge in [0.25, 0.3) is 5.91 Å². The van der Waals surface area contributed by atoms with E-state index < -0.39 is 5.54 Å². The zero-order valence-corrected chi connectivity index (χ0v) is 19.2. The van der Waals surface area contributed by atoms with Gasteiger partial charge in [-0.1, -0.05) is 30.3 Å². The van der Waals surface area contributed by atoms with Crippen molar-refractivity contribution in [1.82, 2.24) is 19.7 Å². The Morgan fingerprint density at radius 2 is 1.79 bits per heavy atom. The van der Waals surface area contributed by atoms with Gasteiger partial charge in [-0.25, -0.2) is 4.79 Å². The lowest BCUT2D eigenvalue weighted by atomic mass is 9.85. The molecule has 2 aliphatic rings. The predicted octanol–water partition coefficient (Wildman–Crippen LogP) is 4.00. The number of likely N-dealkylation sites (tertiary alicyclic amines) is 1. The second kappa shape index (κ2) is 8.56. The van der Waals surface area contributed by atoms with Crippen LogP contribution in [0.4, 0.5) is 4.79 Å². The van der Waals surface area contributed by atoms with Gasteiger partial charge in [-0.05, 0) is 55.0 Å². The average Bonchev–Trinajstić information content (AvgIpc) is 3.33. The number of carbonyl (C=O) groups is 2. The maximum absolute atomic E-state index is 13.6. The summed E-state index contributed by atoms with van der Waals surface area (Å²) in [6.07, 6.45) is 1.31. The second-order valence-electron chi connectivity index (χ2n) is 8.96. The SMILES string of the molecule is CCN1C(=O)N(Cc2cccc(OC)c2)C(=O)C12CCN(Cc1cc3ccccc3[nH]1)CC2. The van der Waals surface area contributed by atoms with Gasteiger partial charge in [-0.15, -0.1) is 0 Å². The van der Waals surface area contributed by atoms with Gasteiger partial charge in [-0.3, -0.25) is 14.6 Å². The highest BCUT2D eigenvalue weighted by molar-refractivity contribution is 6.07. The van der Waals surface area contributed by atoms with Crippen LogP contribution in [-0.2, 0) is 17.9 Å². The molecule has 3 heterocycles. The van der Waals surface area contributed by atoms with Crippen LogP contribution in [0.2, 0.25) is 0 Å². The van der Waals surface area contributed by atoms with Crippen molar-refractivity contribution in [3.05, 3.63) is 65.9 Å². The van der Waals surface area contributed by atoms with E-state index in [9.17, 15) is 9.59 Å². The summed E-state index contributed by atoms with van der Waals surface area (Å²) in [5, 5.41) is 1.21. The number of para-hydroxylation sites is 1. The third-order valence-electron chi connectivity index (χ3n) is 7.08. The van der Waals surface area contributed by atoms with Gasteiger partial charge in [0, 0.05) is 37.4 Å². The highest BCUT2D eigenvalue weighted by Crippen LogP contribution is 2.38. The number of hydrogen-bond acceptors (Lipinski definition) is 4. The number of nitrogens with zero attached hydrogens (tertiary/aromatic N) is 3. The first-order valence-electron chi connectivity index (χ1n) is 11.6. The molecule has 172 valence electrons. The molecule has 2 fully saturated rings. The number of methoxy groups -OCH3 is 1. The number of amides is 3. The lowest BCUT2D eigenvalue weighted by molar-refractivity contribution is -0.136. The monoisotopic (exact) mass is 446 g/mol. The molecule has 0 atom stereocenters. The summed E-state index contributed by atoms with van der Waals surface area (Å²) >= 11 is 0. The van der Waals surface area contributed by atoms with Crippen molar-refractivity contribution in [3.63, 3.8) is 0 Å². The number of aromatic nitrogens is 1. The number of aromatic amines is 1. The quantitative estimate of drug-likeness (QED) is 0.581. The van der Waals surface area contributed by atoms with Crippen molar-refractivity contribution in [3.8, 4) is 5.75 Å². The summed E-state index contributed by atoms with van der Waals surface area (Å²) < 4.78 is 5.30. The van der Waals surface area contributed by atoms with Gasteiger partial charge in [0.2, 0.25) is 0 Å². The van der Waals surface area contributed by atoms with E-state index in [4.69, 9.17) is 4.74 Å². The second-order valence-corrected chi connectivity index (χ2v) is 8.96. The molecule has 3 aromatic rings. The van der Waals surface area contributed by atoms with Crippen LogP contribution in [-0.4, -0.2) is 63.9 Å². The Morgan fingerprint density at radius 3 is 2.52 bits per heavy atom. The van der Waals surface area contributed by atoms with Crippen molar-refractivity contribution in [1.29, 1.82) is 0 Å². The Bertz CT molecular complexity index is 1150. The number of carbonyl (C=O) groups excluding carboxylic acids is 2. The third kappa shape index (κ3) is 3.76. The molecule has 0 saturated carbocycles. The van der Waals surface area contributed by atoms with E-state index in [1.165, 1.54) is 16.0 Å². The van der Waals surface area contributed by atoms with Crippen molar-refractivity contribution < 1.29 is 14.3 Å². The van der Waals surface area contributed by atoms with Crippen LogP contribution < -0.4 is 4.74 Å². The van der Waals surface area contributed by atoms with Crippen LogP contribution in [0.5, 0.6) is 5.75 Å². The standard InChI is InChI=1S/C26H30N4O3/c1-3-30-25(32)29(17-19-7-6-9-22(15-19)33-2)24(31)26(30)11-13-28(14-12-26)18-21-16-20-8-4-5-10-23(20)27-21/h4-10,15-16,27H,3,11-14,17-18H2,1-2H3. The number of likely N-dealkylation sites (N-methyl/N-ethyl adjacent to an activating group) is 1. The lowest BCUT2D eigenvalue weighted by Gasteiger charge is -2.41. The minimum Gasteiger partial charge on any atom is -0.497 e. The lowest BCUT2D eigenvalue weighted by Crippen LogP contribution is -2.56. The van der Waals surface area contributed by atoms with Gasteiger partial charge in [-0.2, -0.15) is 0 Å². The number of H-pyrrole nitrogens is 1. The number of urea groups is 1. The first kappa shape index (κ1) is 21.5. The smallest absolute Gasteiger partial charge is 0.327 e. The zero-order chi connectivity index (χ0) is 23.0. The van der Waals surface area contributed by atoms with Gasteiger partial charge >= 0.3 is 6.03 Å². The molecule has 0 bridgehead atoms. The van der Waals surface area contributed by atoms with E-state index in [-0.39, 0.29) is 18.5 Å². The summed E-state index contributed by atoms with van der Waals surface area (Å²) in [6.45, 7) is 5.12. The summed E-state index contributed by atoms with van der Waals surface area (Å²) in [7, 11) is 1.61. The predicted molar refractivity (Wildman–Crippen MR) is 127 cm³/mol. The number of benzene rings is 2. The minimum absolute atomic E-state index is 0.0672. The Morgan fingerprint density at radius 1 is 1.00 bits per heavy atom. The van der Waals surface area contributed by atoms with Crippen molar-refractivity contribution >= 4 is 22.8 Å². The fourth-order valence-corrected chi connectivity index (χ4v) is 5.34. The molecule has 7 heteroatoms. The molecule has 5 rings (SSSR count). The molecule has 1 spiro atoms. The molecule has 2 aliphatic heterocycles. The fraction of sp³-hybridized carbons (Fsp3) is 0.385. The minimum atomic E-state index is -0.734. The number of imide groups is 1. The molecule has 1 N–H and O–H groups in total. The Kier molecular flexibility index (Phi) is 5.58. The summed E-state index contributed by atoms with van der Waals surface area (Å²) in [5.41, 5.74) is 2.47. The Balaban J connectivity index is 1.30. The number of ether oxygens (including phenoxy) is 1. The number of rotatable bonds is 6. The van der Waals surface area contributed by atoms with Gasteiger partial charge in [0.1, 0.15) is 11.3 Å². The van der Waals surface area contributed by atoms with Crippen LogP contribution in [0.25, 0.3) is 10.9 Å². The summed E-state index contributed by atoms with van der Waals surface area (Å²) in [4.78, 5) is 35.9. The van der Waals surface area contributed by atoms with E-state index in [1.54, 1.807) is 12.0 Å². The first-order chi connectivity index (χ1) is 16.0. The van der Waals surface area contributed by atoms with E-state index >= 15 is 0 Å². The van der Waals surface area contributed by atoms with E-state index in [1.807, 2.05) is 43.3 Å². The molecule has 2 saturated heterocycles.